The minimum atomic E-state index is -1.47. The molecule has 0 aliphatic carbocycles. The van der Waals surface area contributed by atoms with E-state index >= 15 is 8.78 Å². The molecule has 43 heavy (non-hydrogen) atoms. The van der Waals surface area contributed by atoms with E-state index in [4.69, 9.17) is 9.47 Å². The van der Waals surface area contributed by atoms with Gasteiger partial charge in [-0.1, -0.05) is 6.07 Å². The molecule has 4 rings (SSSR count). The van der Waals surface area contributed by atoms with Gasteiger partial charge in [0.05, 0.1) is 29.9 Å². The maximum atomic E-state index is 16.3. The van der Waals surface area contributed by atoms with Crippen molar-refractivity contribution < 1.29 is 27.6 Å². The van der Waals surface area contributed by atoms with Gasteiger partial charge in [0.25, 0.3) is 0 Å². The number of benzene rings is 2. The van der Waals surface area contributed by atoms with Crippen LogP contribution in [0, 0.1) is 27.6 Å². The molecule has 2 aromatic heterocycles. The van der Waals surface area contributed by atoms with E-state index in [-0.39, 0.29) is 19.0 Å². The van der Waals surface area contributed by atoms with Crippen LogP contribution in [-0.2, 0) is 22.9 Å². The second kappa shape index (κ2) is 13.2. The minimum absolute atomic E-state index is 0.0798. The predicted molar refractivity (Wildman–Crippen MR) is 173 cm³/mol. The highest BCUT2D eigenvalue weighted by Gasteiger charge is 2.28. The summed E-state index contributed by atoms with van der Waals surface area (Å²) in [6, 6.07) is 4.12. The Kier molecular flexibility index (Phi) is 10.2. The van der Waals surface area contributed by atoms with Gasteiger partial charge in [-0.2, -0.15) is 9.49 Å². The Hall–Kier alpha value is -2.59. The van der Waals surface area contributed by atoms with Crippen molar-refractivity contribution in [3.05, 3.63) is 62.6 Å². The van der Waals surface area contributed by atoms with Crippen molar-refractivity contribution in [1.82, 2.24) is 19.3 Å². The standard InChI is InChI=1S/C28H35BrF3N5O4S2/c1-42(2,3)13-11-40-16-35-22(29)15-33-28(35)26-19-8-7-18(23-20(30)9-10-21(25(23)32)37(38)39)24(31)27(19)36(34-26)17-41-12-14-43(4,5)6/h7-10,15H,11-14,16-17H2,1-6H3. The van der Waals surface area contributed by atoms with E-state index in [0.29, 0.717) is 40.8 Å². The Morgan fingerprint density at radius 2 is 1.56 bits per heavy atom. The number of nitro benzene ring substituents is 1. The molecule has 9 nitrogen and oxygen atoms in total. The summed E-state index contributed by atoms with van der Waals surface area (Å²) in [4.78, 5) is 14.8. The molecule has 0 N–H and O–H groups in total. The van der Waals surface area contributed by atoms with Gasteiger partial charge in [-0.3, -0.25) is 14.7 Å². The minimum Gasteiger partial charge on any atom is -0.360 e. The largest absolute Gasteiger partial charge is 0.360 e. The number of fused-ring (bicyclic) bond motifs is 1. The van der Waals surface area contributed by atoms with Crippen molar-refractivity contribution >= 4 is 52.6 Å². The van der Waals surface area contributed by atoms with E-state index in [1.165, 1.54) is 16.8 Å². The van der Waals surface area contributed by atoms with Gasteiger partial charge < -0.3 is 9.47 Å². The summed E-state index contributed by atoms with van der Waals surface area (Å²) in [5.41, 5.74) is -2.04. The third-order valence-corrected chi connectivity index (χ3v) is 9.94. The van der Waals surface area contributed by atoms with Crippen molar-refractivity contribution in [3.8, 4) is 22.6 Å². The lowest BCUT2D eigenvalue weighted by Gasteiger charge is -2.24. The van der Waals surface area contributed by atoms with Crippen molar-refractivity contribution in [2.24, 2.45) is 0 Å². The van der Waals surface area contributed by atoms with Crippen LogP contribution >= 0.6 is 36.0 Å². The van der Waals surface area contributed by atoms with E-state index in [2.05, 4.69) is 63.5 Å². The van der Waals surface area contributed by atoms with Crippen LogP contribution in [0.15, 0.2) is 35.1 Å². The molecule has 236 valence electrons. The van der Waals surface area contributed by atoms with Gasteiger partial charge in [-0.25, -0.2) is 38.5 Å². The third kappa shape index (κ3) is 7.74. The molecular formula is C28H35BrF3N5O4S2. The zero-order chi connectivity index (χ0) is 31.7. The number of halogens is 4. The summed E-state index contributed by atoms with van der Waals surface area (Å²) < 4.78 is 61.8. The molecule has 2 aromatic carbocycles. The monoisotopic (exact) mass is 705 g/mol. The highest BCUT2D eigenvalue weighted by molar-refractivity contribution is 9.10. The lowest BCUT2D eigenvalue weighted by atomic mass is 10.0. The molecule has 0 atom stereocenters. The molecule has 0 radical (unpaired) electrons. The van der Waals surface area contributed by atoms with E-state index in [9.17, 15) is 14.5 Å². The first-order chi connectivity index (χ1) is 20.1. The van der Waals surface area contributed by atoms with Crippen LogP contribution in [0.25, 0.3) is 33.5 Å². The van der Waals surface area contributed by atoms with Gasteiger partial charge in [0.2, 0.25) is 5.82 Å². The Morgan fingerprint density at radius 3 is 2.16 bits per heavy atom. The van der Waals surface area contributed by atoms with E-state index in [0.717, 1.165) is 17.6 Å². The number of aromatic nitrogens is 4. The van der Waals surface area contributed by atoms with Crippen molar-refractivity contribution in [1.29, 1.82) is 0 Å². The van der Waals surface area contributed by atoms with E-state index in [1.807, 2.05) is 0 Å². The highest BCUT2D eigenvalue weighted by atomic mass is 79.9. The van der Waals surface area contributed by atoms with Crippen LogP contribution in [0.3, 0.4) is 0 Å². The van der Waals surface area contributed by atoms with Crippen LogP contribution in [0.5, 0.6) is 0 Å². The molecule has 0 fully saturated rings. The topological polar surface area (TPSA) is 97.2 Å². The number of rotatable bonds is 13. The quantitative estimate of drug-likeness (QED) is 0.0845. The molecule has 0 saturated carbocycles. The zero-order valence-electron chi connectivity index (χ0n) is 24.8. The number of nitro groups is 1. The Balaban J connectivity index is 1.82. The summed E-state index contributed by atoms with van der Waals surface area (Å²) in [7, 11) is -1.60. The van der Waals surface area contributed by atoms with Gasteiger partial charge in [-0.15, -0.1) is 0 Å². The average Bonchev–Trinajstić information content (AvgIpc) is 3.44. The summed E-state index contributed by atoms with van der Waals surface area (Å²) in [6.45, 7) is 0.961. The van der Waals surface area contributed by atoms with Crippen molar-refractivity contribution in [2.75, 3.05) is 62.3 Å². The third-order valence-electron chi connectivity index (χ3n) is 6.52. The number of hydrogen-bond acceptors (Lipinski definition) is 6. The molecule has 0 spiro atoms. The molecule has 0 amide bonds. The molecule has 0 aliphatic rings. The first-order valence-electron chi connectivity index (χ1n) is 13.1. The maximum absolute atomic E-state index is 16.3. The van der Waals surface area contributed by atoms with Gasteiger partial charge >= 0.3 is 5.69 Å². The van der Waals surface area contributed by atoms with Crippen LogP contribution in [0.2, 0.25) is 0 Å². The average molecular weight is 707 g/mol. The lowest BCUT2D eigenvalue weighted by Crippen LogP contribution is -2.12. The number of hydrogen-bond donors (Lipinski definition) is 0. The first-order valence-corrected chi connectivity index (χ1v) is 19.9. The smallest absolute Gasteiger partial charge is 0.305 e. The molecule has 0 unspecified atom stereocenters. The Morgan fingerprint density at radius 1 is 0.930 bits per heavy atom. The van der Waals surface area contributed by atoms with Crippen molar-refractivity contribution in [3.63, 3.8) is 0 Å². The fourth-order valence-electron chi connectivity index (χ4n) is 4.21. The molecular weight excluding hydrogens is 671 g/mol. The van der Waals surface area contributed by atoms with Gasteiger partial charge in [0, 0.05) is 28.5 Å². The van der Waals surface area contributed by atoms with Crippen molar-refractivity contribution in [2.45, 2.75) is 13.5 Å². The van der Waals surface area contributed by atoms with Gasteiger partial charge in [0.15, 0.2) is 11.6 Å². The molecule has 0 aliphatic heterocycles. The SMILES string of the molecule is CS(C)(C)CCOCn1c(Br)cnc1-c1nn(COCCS(C)(C)C)c2c(F)c(-c3c(F)ccc([N+](=O)[O-])c3F)ccc12. The first kappa shape index (κ1) is 33.3. The Bertz CT molecular complexity index is 1650. The summed E-state index contributed by atoms with van der Waals surface area (Å²) in [6.07, 6.45) is 14.6. The lowest BCUT2D eigenvalue weighted by molar-refractivity contribution is -0.387. The number of imidazole rings is 1. The molecule has 15 heteroatoms. The molecule has 2 heterocycles. The van der Waals surface area contributed by atoms with Crippen LogP contribution in [0.1, 0.15) is 0 Å². The fourth-order valence-corrected chi connectivity index (χ4v) is 5.81. The normalized spacial score (nSPS) is 13.2. The molecule has 0 bridgehead atoms. The van der Waals surface area contributed by atoms with Gasteiger partial charge in [0.1, 0.15) is 35.1 Å². The zero-order valence-corrected chi connectivity index (χ0v) is 28.0. The fraction of sp³-hybridized carbons (Fsp3) is 0.429. The second-order valence-electron chi connectivity index (χ2n) is 11.7. The van der Waals surface area contributed by atoms with E-state index < -0.39 is 59.2 Å². The van der Waals surface area contributed by atoms with Crippen LogP contribution < -0.4 is 0 Å². The van der Waals surface area contributed by atoms with Gasteiger partial charge in [-0.05, 0) is 65.6 Å². The van der Waals surface area contributed by atoms with E-state index in [1.54, 1.807) is 10.8 Å². The number of ether oxygens (including phenoxy) is 2. The second-order valence-corrected chi connectivity index (χ2v) is 21.7. The highest BCUT2D eigenvalue weighted by Crippen LogP contribution is 2.39. The summed E-state index contributed by atoms with van der Waals surface area (Å²) in [5.74, 6) is -1.49. The molecule has 4 aromatic rings. The number of nitrogens with zero attached hydrogens (tertiary/aromatic N) is 5. The molecule has 0 saturated heterocycles. The summed E-state index contributed by atoms with van der Waals surface area (Å²) >= 11 is 3.49. The summed E-state index contributed by atoms with van der Waals surface area (Å²) in [5, 5.41) is 16.3. The Labute approximate surface area is 259 Å². The predicted octanol–water partition coefficient (Wildman–Crippen LogP) is 6.99. The van der Waals surface area contributed by atoms with Crippen LogP contribution in [-0.4, -0.2) is 86.5 Å². The van der Waals surface area contributed by atoms with Crippen LogP contribution in [0.4, 0.5) is 18.9 Å². The maximum Gasteiger partial charge on any atom is 0.305 e.